The fourth-order valence-electron chi connectivity index (χ4n) is 1.63. The van der Waals surface area contributed by atoms with Crippen molar-refractivity contribution >= 4 is 29.0 Å². The average Bonchev–Trinajstić information content (AvgIpc) is 2.95. The normalized spacial score (nSPS) is 23.3. The molecule has 1 amide bonds. The van der Waals surface area contributed by atoms with Crippen LogP contribution in [0.25, 0.3) is 0 Å². The van der Waals surface area contributed by atoms with Crippen LogP contribution in [0.3, 0.4) is 0 Å². The minimum Gasteiger partial charge on any atom is -0.387 e. The molecule has 1 aromatic rings. The van der Waals surface area contributed by atoms with Crippen molar-refractivity contribution in [3.8, 4) is 6.07 Å². The van der Waals surface area contributed by atoms with E-state index in [1.54, 1.807) is 23.2 Å². The summed E-state index contributed by atoms with van der Waals surface area (Å²) in [6, 6.07) is 3.60. The minimum absolute atomic E-state index is 0.252. The maximum atomic E-state index is 11.8. The van der Waals surface area contributed by atoms with Crippen molar-refractivity contribution < 1.29 is 9.90 Å². The van der Waals surface area contributed by atoms with E-state index in [-0.39, 0.29) is 12.5 Å². The summed E-state index contributed by atoms with van der Waals surface area (Å²) in [7, 11) is 0. The van der Waals surface area contributed by atoms with E-state index in [0.29, 0.717) is 22.6 Å². The molecule has 0 aliphatic carbocycles. The molecule has 90 valence electrons. The first-order valence-electron chi connectivity index (χ1n) is 5.20. The molecule has 1 aliphatic heterocycles. The van der Waals surface area contributed by atoms with E-state index in [2.05, 4.69) is 5.32 Å². The van der Waals surface area contributed by atoms with Crippen LogP contribution in [0.5, 0.6) is 0 Å². The summed E-state index contributed by atoms with van der Waals surface area (Å²) in [6.45, 7) is 0.252. The molecular weight excluding hydrogens is 256 g/mol. The molecular formula is C11H12N2O2S2. The molecule has 1 fully saturated rings. The Bertz CT molecular complexity index is 458. The van der Waals surface area contributed by atoms with E-state index in [1.807, 2.05) is 6.07 Å². The van der Waals surface area contributed by atoms with E-state index in [4.69, 9.17) is 5.26 Å². The van der Waals surface area contributed by atoms with Gasteiger partial charge in [-0.05, 0) is 23.6 Å². The van der Waals surface area contributed by atoms with Gasteiger partial charge in [0, 0.05) is 12.3 Å². The van der Waals surface area contributed by atoms with Gasteiger partial charge in [0.2, 0.25) is 0 Å². The van der Waals surface area contributed by atoms with Gasteiger partial charge in [-0.25, -0.2) is 0 Å². The lowest BCUT2D eigenvalue weighted by atomic mass is 10.0. The number of nitrogens with zero attached hydrogens (tertiary/aromatic N) is 1. The summed E-state index contributed by atoms with van der Waals surface area (Å²) in [5.74, 6) is 1.30. The maximum absolute atomic E-state index is 11.8. The van der Waals surface area contributed by atoms with Crippen molar-refractivity contribution in [3.63, 3.8) is 0 Å². The van der Waals surface area contributed by atoms with Crippen LogP contribution in [0.2, 0.25) is 0 Å². The average molecular weight is 268 g/mol. The van der Waals surface area contributed by atoms with Crippen molar-refractivity contribution in [3.05, 3.63) is 21.9 Å². The van der Waals surface area contributed by atoms with Gasteiger partial charge in [-0.1, -0.05) is 0 Å². The van der Waals surface area contributed by atoms with Crippen molar-refractivity contribution in [1.82, 2.24) is 5.32 Å². The largest absolute Gasteiger partial charge is 0.387 e. The molecule has 0 aromatic carbocycles. The van der Waals surface area contributed by atoms with Gasteiger partial charge in [0.1, 0.15) is 10.9 Å². The third kappa shape index (κ3) is 2.80. The monoisotopic (exact) mass is 268 g/mol. The molecule has 1 unspecified atom stereocenters. The zero-order chi connectivity index (χ0) is 12.3. The number of nitriles is 1. The summed E-state index contributed by atoms with van der Waals surface area (Å²) in [5, 5.41) is 23.3. The molecule has 2 N–H and O–H groups in total. The highest BCUT2D eigenvalue weighted by atomic mass is 32.2. The number of nitrogens with one attached hydrogen (secondary N) is 1. The van der Waals surface area contributed by atoms with E-state index < -0.39 is 5.60 Å². The standard InChI is InChI=1S/C11H12N2O2S2/c12-5-8-1-3-17-9(8)10(14)13-6-11(15)2-4-16-7-11/h1,3,15H,2,4,6-7H2,(H,13,14). The van der Waals surface area contributed by atoms with Gasteiger partial charge in [0.25, 0.3) is 5.91 Å². The van der Waals surface area contributed by atoms with Gasteiger partial charge in [0.05, 0.1) is 11.2 Å². The summed E-state index contributed by atoms with van der Waals surface area (Å²) < 4.78 is 0. The van der Waals surface area contributed by atoms with Gasteiger partial charge in [-0.15, -0.1) is 11.3 Å². The molecule has 1 saturated heterocycles. The first-order chi connectivity index (χ1) is 8.14. The number of thioether (sulfide) groups is 1. The minimum atomic E-state index is -0.787. The van der Waals surface area contributed by atoms with Crippen LogP contribution in [0.4, 0.5) is 0 Å². The second kappa shape index (κ2) is 5.08. The molecule has 2 heterocycles. The number of thiophene rings is 1. The summed E-state index contributed by atoms with van der Waals surface area (Å²) in [4.78, 5) is 12.2. The Hall–Kier alpha value is -1.03. The highest BCUT2D eigenvalue weighted by Crippen LogP contribution is 2.27. The predicted molar refractivity (Wildman–Crippen MR) is 68.3 cm³/mol. The van der Waals surface area contributed by atoms with Crippen molar-refractivity contribution in [2.75, 3.05) is 18.1 Å². The first kappa shape index (κ1) is 12.4. The number of carbonyl (C=O) groups excluding carboxylic acids is 1. The lowest BCUT2D eigenvalue weighted by Crippen LogP contribution is -2.42. The molecule has 0 saturated carbocycles. The summed E-state index contributed by atoms with van der Waals surface area (Å²) in [6.07, 6.45) is 0.702. The number of aliphatic hydroxyl groups is 1. The molecule has 1 aromatic heterocycles. The molecule has 2 rings (SSSR count). The van der Waals surface area contributed by atoms with E-state index in [1.165, 1.54) is 11.3 Å². The molecule has 1 aliphatic rings. The van der Waals surface area contributed by atoms with Crippen molar-refractivity contribution in [2.45, 2.75) is 12.0 Å². The van der Waals surface area contributed by atoms with Crippen LogP contribution < -0.4 is 5.32 Å². The fourth-order valence-corrected chi connectivity index (χ4v) is 3.69. The van der Waals surface area contributed by atoms with Crippen LogP contribution in [-0.2, 0) is 0 Å². The molecule has 0 radical (unpaired) electrons. The Morgan fingerprint density at radius 1 is 1.71 bits per heavy atom. The molecule has 0 spiro atoms. The zero-order valence-corrected chi connectivity index (χ0v) is 10.7. The van der Waals surface area contributed by atoms with Crippen LogP contribution in [-0.4, -0.2) is 34.7 Å². The van der Waals surface area contributed by atoms with E-state index in [0.717, 1.165) is 5.75 Å². The number of rotatable bonds is 3. The SMILES string of the molecule is N#Cc1ccsc1C(=O)NCC1(O)CCSC1. The lowest BCUT2D eigenvalue weighted by Gasteiger charge is -2.21. The fraction of sp³-hybridized carbons (Fsp3) is 0.455. The Balaban J connectivity index is 1.96. The Labute approximate surface area is 108 Å². The van der Waals surface area contributed by atoms with Gasteiger partial charge >= 0.3 is 0 Å². The van der Waals surface area contributed by atoms with Crippen molar-refractivity contribution in [2.24, 2.45) is 0 Å². The molecule has 6 heteroatoms. The Kier molecular flexibility index (Phi) is 3.72. The second-order valence-corrected chi connectivity index (χ2v) is 6.01. The molecule has 1 atom stereocenters. The zero-order valence-electron chi connectivity index (χ0n) is 9.10. The molecule has 17 heavy (non-hydrogen) atoms. The summed E-state index contributed by atoms with van der Waals surface area (Å²) >= 11 is 2.93. The molecule has 0 bridgehead atoms. The Morgan fingerprint density at radius 3 is 3.18 bits per heavy atom. The van der Waals surface area contributed by atoms with Gasteiger partial charge in [0.15, 0.2) is 0 Å². The van der Waals surface area contributed by atoms with Gasteiger partial charge < -0.3 is 10.4 Å². The highest BCUT2D eigenvalue weighted by molar-refractivity contribution is 7.99. The van der Waals surface area contributed by atoms with Crippen LogP contribution >= 0.6 is 23.1 Å². The third-order valence-corrected chi connectivity index (χ3v) is 4.80. The number of hydrogen-bond acceptors (Lipinski definition) is 5. The topological polar surface area (TPSA) is 73.1 Å². The van der Waals surface area contributed by atoms with Crippen LogP contribution in [0, 0.1) is 11.3 Å². The number of carbonyl (C=O) groups is 1. The first-order valence-corrected chi connectivity index (χ1v) is 7.24. The summed E-state index contributed by atoms with van der Waals surface area (Å²) in [5.41, 5.74) is -0.398. The molecule has 4 nitrogen and oxygen atoms in total. The number of amides is 1. The second-order valence-electron chi connectivity index (χ2n) is 3.98. The van der Waals surface area contributed by atoms with Crippen LogP contribution in [0.1, 0.15) is 21.7 Å². The van der Waals surface area contributed by atoms with Crippen molar-refractivity contribution in [1.29, 1.82) is 5.26 Å². The smallest absolute Gasteiger partial charge is 0.262 e. The third-order valence-electron chi connectivity index (χ3n) is 2.65. The lowest BCUT2D eigenvalue weighted by molar-refractivity contribution is 0.0614. The van der Waals surface area contributed by atoms with Gasteiger partial charge in [-0.2, -0.15) is 17.0 Å². The predicted octanol–water partition coefficient (Wildman–Crippen LogP) is 1.22. The van der Waals surface area contributed by atoms with Gasteiger partial charge in [-0.3, -0.25) is 4.79 Å². The maximum Gasteiger partial charge on any atom is 0.262 e. The van der Waals surface area contributed by atoms with E-state index in [9.17, 15) is 9.90 Å². The Morgan fingerprint density at radius 2 is 2.53 bits per heavy atom. The highest BCUT2D eigenvalue weighted by Gasteiger charge is 2.32. The van der Waals surface area contributed by atoms with Crippen LogP contribution in [0.15, 0.2) is 11.4 Å². The van der Waals surface area contributed by atoms with E-state index >= 15 is 0 Å². The quantitative estimate of drug-likeness (QED) is 0.864. The number of hydrogen-bond donors (Lipinski definition) is 2.